The number of rotatable bonds is 3. The van der Waals surface area contributed by atoms with Crippen LogP contribution in [0.5, 0.6) is 5.75 Å². The van der Waals surface area contributed by atoms with E-state index in [2.05, 4.69) is 0 Å². The standard InChI is InChI=1S/C12H15FO3/c1-7-4-3-5-9(11(7)13)16-10-6-8(14)12(10)15-2/h3-5,8,10,12,14H,6H2,1-2H3. The van der Waals surface area contributed by atoms with Gasteiger partial charge in [-0.2, -0.15) is 0 Å². The van der Waals surface area contributed by atoms with Gasteiger partial charge in [-0.1, -0.05) is 12.1 Å². The largest absolute Gasteiger partial charge is 0.484 e. The van der Waals surface area contributed by atoms with E-state index in [1.54, 1.807) is 25.1 Å². The molecule has 1 N–H and O–H groups in total. The molecule has 0 amide bonds. The molecule has 1 fully saturated rings. The lowest BCUT2D eigenvalue weighted by Crippen LogP contribution is -2.54. The first-order valence-corrected chi connectivity index (χ1v) is 5.26. The number of benzene rings is 1. The van der Waals surface area contributed by atoms with Crippen molar-refractivity contribution in [2.24, 2.45) is 0 Å². The summed E-state index contributed by atoms with van der Waals surface area (Å²) >= 11 is 0. The molecule has 0 aromatic heterocycles. The zero-order valence-electron chi connectivity index (χ0n) is 9.31. The van der Waals surface area contributed by atoms with Gasteiger partial charge in [0.15, 0.2) is 11.6 Å². The summed E-state index contributed by atoms with van der Waals surface area (Å²) in [6, 6.07) is 5.01. The lowest BCUT2D eigenvalue weighted by Gasteiger charge is -2.40. The predicted octanol–water partition coefficient (Wildman–Crippen LogP) is 1.66. The molecule has 3 atom stereocenters. The average molecular weight is 226 g/mol. The maximum atomic E-state index is 13.6. The van der Waals surface area contributed by atoms with E-state index in [1.165, 1.54) is 7.11 Å². The van der Waals surface area contributed by atoms with Crippen LogP contribution in [0.15, 0.2) is 18.2 Å². The van der Waals surface area contributed by atoms with Crippen LogP contribution in [-0.4, -0.2) is 30.5 Å². The van der Waals surface area contributed by atoms with Crippen molar-refractivity contribution in [3.63, 3.8) is 0 Å². The number of ether oxygens (including phenoxy) is 2. The Morgan fingerprint density at radius 3 is 2.81 bits per heavy atom. The molecule has 16 heavy (non-hydrogen) atoms. The predicted molar refractivity (Wildman–Crippen MR) is 57.0 cm³/mol. The first-order chi connectivity index (χ1) is 7.63. The molecule has 1 aromatic rings. The zero-order chi connectivity index (χ0) is 11.7. The van der Waals surface area contributed by atoms with Crippen LogP contribution in [0.2, 0.25) is 0 Å². The highest BCUT2D eigenvalue weighted by Gasteiger charge is 2.42. The van der Waals surface area contributed by atoms with E-state index >= 15 is 0 Å². The number of methoxy groups -OCH3 is 1. The van der Waals surface area contributed by atoms with E-state index in [0.717, 1.165) is 0 Å². The van der Waals surface area contributed by atoms with Crippen LogP contribution in [-0.2, 0) is 4.74 Å². The molecule has 1 aromatic carbocycles. The van der Waals surface area contributed by atoms with Gasteiger partial charge in [0.1, 0.15) is 12.2 Å². The Bertz CT molecular complexity index is 381. The molecular weight excluding hydrogens is 211 g/mol. The Balaban J connectivity index is 2.07. The van der Waals surface area contributed by atoms with Crippen LogP contribution in [0.25, 0.3) is 0 Å². The van der Waals surface area contributed by atoms with Crippen LogP contribution in [0, 0.1) is 12.7 Å². The van der Waals surface area contributed by atoms with Gasteiger partial charge in [0.05, 0.1) is 6.10 Å². The summed E-state index contributed by atoms with van der Waals surface area (Å²) in [5.41, 5.74) is 0.548. The number of hydrogen-bond donors (Lipinski definition) is 1. The van der Waals surface area contributed by atoms with Gasteiger partial charge < -0.3 is 14.6 Å². The van der Waals surface area contributed by atoms with E-state index in [4.69, 9.17) is 9.47 Å². The second-order valence-electron chi connectivity index (χ2n) is 4.05. The first-order valence-electron chi connectivity index (χ1n) is 5.26. The minimum Gasteiger partial charge on any atom is -0.484 e. The summed E-state index contributed by atoms with van der Waals surface area (Å²) < 4.78 is 24.2. The molecule has 0 aliphatic heterocycles. The summed E-state index contributed by atoms with van der Waals surface area (Å²) in [4.78, 5) is 0. The van der Waals surface area contributed by atoms with Gasteiger partial charge in [-0.15, -0.1) is 0 Å². The highest BCUT2D eigenvalue weighted by atomic mass is 19.1. The van der Waals surface area contributed by atoms with Crippen molar-refractivity contribution in [1.82, 2.24) is 0 Å². The number of aliphatic hydroxyl groups excluding tert-OH is 1. The molecule has 1 saturated carbocycles. The van der Waals surface area contributed by atoms with Crippen LogP contribution in [0.4, 0.5) is 4.39 Å². The van der Waals surface area contributed by atoms with Gasteiger partial charge in [-0.25, -0.2) is 4.39 Å². The number of aryl methyl sites for hydroxylation is 1. The Hall–Kier alpha value is -1.13. The van der Waals surface area contributed by atoms with Crippen molar-refractivity contribution in [2.75, 3.05) is 7.11 Å². The van der Waals surface area contributed by atoms with Gasteiger partial charge in [0, 0.05) is 13.5 Å². The molecule has 1 aliphatic rings. The molecule has 0 heterocycles. The summed E-state index contributed by atoms with van der Waals surface area (Å²) in [7, 11) is 1.51. The smallest absolute Gasteiger partial charge is 0.167 e. The fraction of sp³-hybridized carbons (Fsp3) is 0.500. The molecular formula is C12H15FO3. The van der Waals surface area contributed by atoms with Crippen molar-refractivity contribution >= 4 is 0 Å². The highest BCUT2D eigenvalue weighted by molar-refractivity contribution is 5.30. The summed E-state index contributed by atoms with van der Waals surface area (Å²) in [5.74, 6) is -0.127. The van der Waals surface area contributed by atoms with Crippen molar-refractivity contribution in [2.45, 2.75) is 31.7 Å². The molecule has 0 radical (unpaired) electrons. The average Bonchev–Trinajstić information content (AvgIpc) is 2.24. The van der Waals surface area contributed by atoms with E-state index in [-0.39, 0.29) is 23.8 Å². The van der Waals surface area contributed by atoms with E-state index in [0.29, 0.717) is 12.0 Å². The van der Waals surface area contributed by atoms with Gasteiger partial charge in [0.2, 0.25) is 0 Å². The van der Waals surface area contributed by atoms with E-state index < -0.39 is 6.10 Å². The number of halogens is 1. The van der Waals surface area contributed by atoms with Crippen molar-refractivity contribution in [3.05, 3.63) is 29.6 Å². The van der Waals surface area contributed by atoms with Crippen LogP contribution < -0.4 is 4.74 Å². The highest BCUT2D eigenvalue weighted by Crippen LogP contribution is 2.30. The molecule has 4 heteroatoms. The molecule has 0 saturated heterocycles. The van der Waals surface area contributed by atoms with Crippen LogP contribution >= 0.6 is 0 Å². The topological polar surface area (TPSA) is 38.7 Å². The molecule has 3 nitrogen and oxygen atoms in total. The van der Waals surface area contributed by atoms with Crippen molar-refractivity contribution < 1.29 is 19.0 Å². The quantitative estimate of drug-likeness (QED) is 0.852. The molecule has 0 spiro atoms. The molecule has 2 rings (SSSR count). The second kappa shape index (κ2) is 4.39. The van der Waals surface area contributed by atoms with Gasteiger partial charge in [-0.05, 0) is 18.6 Å². The maximum absolute atomic E-state index is 13.6. The Labute approximate surface area is 93.8 Å². The van der Waals surface area contributed by atoms with Crippen molar-refractivity contribution in [1.29, 1.82) is 0 Å². The van der Waals surface area contributed by atoms with Gasteiger partial charge in [0.25, 0.3) is 0 Å². The molecule has 3 unspecified atom stereocenters. The maximum Gasteiger partial charge on any atom is 0.167 e. The molecule has 88 valence electrons. The normalized spacial score (nSPS) is 28.6. The minimum absolute atomic E-state index is 0.221. The third-order valence-corrected chi connectivity index (χ3v) is 2.93. The van der Waals surface area contributed by atoms with E-state index in [1.807, 2.05) is 0 Å². The zero-order valence-corrected chi connectivity index (χ0v) is 9.31. The Morgan fingerprint density at radius 1 is 1.44 bits per heavy atom. The Kier molecular flexibility index (Phi) is 3.12. The Morgan fingerprint density at radius 2 is 2.19 bits per heavy atom. The van der Waals surface area contributed by atoms with Gasteiger partial charge in [-0.3, -0.25) is 0 Å². The monoisotopic (exact) mass is 226 g/mol. The minimum atomic E-state index is -0.511. The summed E-state index contributed by atoms with van der Waals surface area (Å²) in [6.45, 7) is 1.69. The summed E-state index contributed by atoms with van der Waals surface area (Å²) in [6.07, 6.45) is -0.662. The van der Waals surface area contributed by atoms with Gasteiger partial charge >= 0.3 is 0 Å². The molecule has 1 aliphatic carbocycles. The fourth-order valence-electron chi connectivity index (χ4n) is 1.86. The van der Waals surface area contributed by atoms with E-state index in [9.17, 15) is 9.50 Å². The fourth-order valence-corrected chi connectivity index (χ4v) is 1.86. The van der Waals surface area contributed by atoms with Crippen LogP contribution in [0.3, 0.4) is 0 Å². The third kappa shape index (κ3) is 1.90. The molecule has 0 bridgehead atoms. The SMILES string of the molecule is COC1C(O)CC1Oc1cccc(C)c1F. The first kappa shape index (κ1) is 11.4. The summed E-state index contributed by atoms with van der Waals surface area (Å²) in [5, 5.41) is 9.38. The lowest BCUT2D eigenvalue weighted by molar-refractivity contribution is -0.149. The number of hydrogen-bond acceptors (Lipinski definition) is 3. The van der Waals surface area contributed by atoms with Crippen LogP contribution in [0.1, 0.15) is 12.0 Å². The van der Waals surface area contributed by atoms with Crippen molar-refractivity contribution in [3.8, 4) is 5.75 Å². The lowest BCUT2D eigenvalue weighted by atomic mass is 9.88. The second-order valence-corrected chi connectivity index (χ2v) is 4.05. The third-order valence-electron chi connectivity index (χ3n) is 2.93. The number of aliphatic hydroxyl groups is 1.